The number of rotatable bonds is 5. The van der Waals surface area contributed by atoms with E-state index in [1.807, 2.05) is 18.3 Å². The van der Waals surface area contributed by atoms with Gasteiger partial charge in [0.05, 0.1) is 0 Å². The number of hydrogen-bond donors (Lipinski definition) is 0. The summed E-state index contributed by atoms with van der Waals surface area (Å²) in [5, 5.41) is 2.42. The van der Waals surface area contributed by atoms with Crippen molar-refractivity contribution in [1.82, 2.24) is 0 Å². The van der Waals surface area contributed by atoms with Crippen molar-refractivity contribution in [2.75, 3.05) is 0 Å². The molecule has 2 unspecified atom stereocenters. The normalized spacial score (nSPS) is 15.6. The van der Waals surface area contributed by atoms with Crippen LogP contribution in [0.15, 0.2) is 17.5 Å². The van der Waals surface area contributed by atoms with Gasteiger partial charge in [-0.25, -0.2) is 0 Å². The smallest absolute Gasteiger partial charge is 0.0308 e. The molecule has 0 aliphatic rings. The molecule has 0 radical (unpaired) electrons. The molecule has 0 fully saturated rings. The predicted octanol–water partition coefficient (Wildman–Crippen LogP) is 4.46. The lowest BCUT2D eigenvalue weighted by atomic mass is 10.1. The van der Waals surface area contributed by atoms with Crippen molar-refractivity contribution in [3.63, 3.8) is 0 Å². The summed E-state index contributed by atoms with van der Waals surface area (Å²) in [4.78, 5) is 2.02. The maximum absolute atomic E-state index is 5.89. The lowest BCUT2D eigenvalue weighted by molar-refractivity contribution is 0.696. The van der Waals surface area contributed by atoms with Crippen LogP contribution in [0.2, 0.25) is 0 Å². The van der Waals surface area contributed by atoms with Crippen LogP contribution < -0.4 is 0 Å². The monoisotopic (exact) mass is 280 g/mol. The number of hydrogen-bond acceptors (Lipinski definition) is 1. The van der Waals surface area contributed by atoms with E-state index in [2.05, 4.69) is 33.4 Å². The fourth-order valence-electron chi connectivity index (χ4n) is 1.16. The molecule has 1 heterocycles. The summed E-state index contributed by atoms with van der Waals surface area (Å²) in [7, 11) is 0. The summed E-state index contributed by atoms with van der Waals surface area (Å²) in [6.45, 7) is 2.05. The van der Waals surface area contributed by atoms with Crippen molar-refractivity contribution in [2.24, 2.45) is 0 Å². The first-order valence-electron chi connectivity index (χ1n) is 4.49. The van der Waals surface area contributed by atoms with Gasteiger partial charge in [0.15, 0.2) is 0 Å². The molecule has 1 aromatic heterocycles. The molecule has 0 aliphatic carbocycles. The molecule has 0 N–H and O–H groups in total. The van der Waals surface area contributed by atoms with E-state index in [4.69, 9.17) is 11.6 Å². The molecule has 0 bridgehead atoms. The van der Waals surface area contributed by atoms with Crippen molar-refractivity contribution in [3.8, 4) is 0 Å². The highest BCUT2D eigenvalue weighted by atomic mass is 79.9. The van der Waals surface area contributed by atoms with Crippen LogP contribution in [0.3, 0.4) is 0 Å². The Hall–Kier alpha value is 0.470. The maximum Gasteiger partial charge on any atom is 0.0308 e. The first-order chi connectivity index (χ1) is 6.18. The van der Waals surface area contributed by atoms with Crippen LogP contribution >= 0.6 is 38.9 Å². The molecule has 1 aromatic rings. The van der Waals surface area contributed by atoms with Crippen molar-refractivity contribution in [1.29, 1.82) is 0 Å². The summed E-state index contributed by atoms with van der Waals surface area (Å²) in [6.07, 6.45) is 3.37. The molecule has 0 amide bonds. The van der Waals surface area contributed by atoms with Gasteiger partial charge in [0.1, 0.15) is 0 Å². The number of thiophene rings is 1. The molecule has 0 saturated carbocycles. The van der Waals surface area contributed by atoms with Gasteiger partial charge in [0.2, 0.25) is 0 Å². The van der Waals surface area contributed by atoms with Gasteiger partial charge in [-0.3, -0.25) is 0 Å². The fourth-order valence-corrected chi connectivity index (χ4v) is 2.90. The van der Waals surface area contributed by atoms with Gasteiger partial charge in [-0.1, -0.05) is 22.0 Å². The summed E-state index contributed by atoms with van der Waals surface area (Å²) in [5.74, 6) is 0. The molecule has 3 heteroatoms. The summed E-state index contributed by atoms with van der Waals surface area (Å²) >= 11 is 11.4. The fraction of sp³-hybridized carbons (Fsp3) is 0.600. The highest BCUT2D eigenvalue weighted by molar-refractivity contribution is 9.09. The molecule has 2 atom stereocenters. The molecular weight excluding hydrogens is 268 g/mol. The second-order valence-electron chi connectivity index (χ2n) is 3.24. The SMILES string of the molecule is CC(Cl)CCC(Br)Cc1cccs1. The topological polar surface area (TPSA) is 0 Å². The van der Waals surface area contributed by atoms with E-state index < -0.39 is 0 Å². The molecule has 13 heavy (non-hydrogen) atoms. The molecule has 0 aromatic carbocycles. The minimum Gasteiger partial charge on any atom is -0.149 e. The van der Waals surface area contributed by atoms with E-state index in [0.29, 0.717) is 10.2 Å². The van der Waals surface area contributed by atoms with Crippen LogP contribution in [0.25, 0.3) is 0 Å². The maximum atomic E-state index is 5.89. The lowest BCUT2D eigenvalue weighted by Crippen LogP contribution is -2.04. The van der Waals surface area contributed by atoms with E-state index >= 15 is 0 Å². The third-order valence-corrected chi connectivity index (χ3v) is 3.78. The Labute approximate surface area is 97.4 Å². The summed E-state index contributed by atoms with van der Waals surface area (Å²) in [6, 6.07) is 4.28. The van der Waals surface area contributed by atoms with Crippen molar-refractivity contribution < 1.29 is 0 Å². The molecule has 0 aliphatic heterocycles. The Morgan fingerprint density at radius 3 is 2.85 bits per heavy atom. The largest absolute Gasteiger partial charge is 0.149 e. The molecular formula is C10H14BrClS. The lowest BCUT2D eigenvalue weighted by Gasteiger charge is -2.08. The minimum absolute atomic E-state index is 0.295. The van der Waals surface area contributed by atoms with Crippen molar-refractivity contribution in [2.45, 2.75) is 36.4 Å². The van der Waals surface area contributed by atoms with Crippen molar-refractivity contribution in [3.05, 3.63) is 22.4 Å². The summed E-state index contributed by atoms with van der Waals surface area (Å²) in [5.41, 5.74) is 0. The van der Waals surface area contributed by atoms with Crippen molar-refractivity contribution >= 4 is 38.9 Å². The molecule has 0 saturated heterocycles. The van der Waals surface area contributed by atoms with Gasteiger partial charge in [-0.15, -0.1) is 22.9 Å². The summed E-state index contributed by atoms with van der Waals surface area (Å²) < 4.78 is 0. The Morgan fingerprint density at radius 2 is 2.31 bits per heavy atom. The third kappa shape index (κ3) is 5.04. The quantitative estimate of drug-likeness (QED) is 0.699. The Bertz CT molecular complexity index is 221. The standard InChI is InChI=1S/C10H14BrClS/c1-8(12)4-5-9(11)7-10-3-2-6-13-10/h2-3,6,8-9H,4-5,7H2,1H3. The van der Waals surface area contributed by atoms with Gasteiger partial charge >= 0.3 is 0 Å². The van der Waals surface area contributed by atoms with Gasteiger partial charge in [0, 0.05) is 15.1 Å². The zero-order valence-corrected chi connectivity index (χ0v) is 10.8. The predicted molar refractivity (Wildman–Crippen MR) is 65.3 cm³/mol. The van der Waals surface area contributed by atoms with Crippen LogP contribution in [-0.4, -0.2) is 10.2 Å². The van der Waals surface area contributed by atoms with E-state index in [9.17, 15) is 0 Å². The van der Waals surface area contributed by atoms with Gasteiger partial charge in [-0.05, 0) is 37.6 Å². The van der Waals surface area contributed by atoms with Gasteiger partial charge in [-0.2, -0.15) is 0 Å². The van der Waals surface area contributed by atoms with Crippen LogP contribution in [0, 0.1) is 0 Å². The van der Waals surface area contributed by atoms with Crippen LogP contribution in [0.1, 0.15) is 24.6 Å². The van der Waals surface area contributed by atoms with Crippen LogP contribution in [0.5, 0.6) is 0 Å². The highest BCUT2D eigenvalue weighted by Gasteiger charge is 2.07. The second kappa shape index (κ2) is 6.05. The highest BCUT2D eigenvalue weighted by Crippen LogP contribution is 2.20. The number of halogens is 2. The Morgan fingerprint density at radius 1 is 1.54 bits per heavy atom. The molecule has 74 valence electrons. The van der Waals surface area contributed by atoms with E-state index in [-0.39, 0.29) is 0 Å². The molecule has 1 rings (SSSR count). The van der Waals surface area contributed by atoms with E-state index in [1.165, 1.54) is 4.88 Å². The third-order valence-electron chi connectivity index (χ3n) is 1.88. The van der Waals surface area contributed by atoms with E-state index in [1.54, 1.807) is 0 Å². The molecule has 0 spiro atoms. The second-order valence-corrected chi connectivity index (χ2v) is 6.31. The minimum atomic E-state index is 0.295. The average Bonchev–Trinajstić information content (AvgIpc) is 2.53. The average molecular weight is 282 g/mol. The Balaban J connectivity index is 2.22. The first kappa shape index (κ1) is 11.5. The van der Waals surface area contributed by atoms with Gasteiger partial charge < -0.3 is 0 Å². The van der Waals surface area contributed by atoms with Gasteiger partial charge in [0.25, 0.3) is 0 Å². The molecule has 0 nitrogen and oxygen atoms in total. The number of alkyl halides is 2. The van der Waals surface area contributed by atoms with E-state index in [0.717, 1.165) is 19.3 Å². The zero-order valence-electron chi connectivity index (χ0n) is 7.67. The zero-order chi connectivity index (χ0) is 9.68. The van der Waals surface area contributed by atoms with Crippen LogP contribution in [-0.2, 0) is 6.42 Å². The van der Waals surface area contributed by atoms with Crippen LogP contribution in [0.4, 0.5) is 0 Å². The first-order valence-corrected chi connectivity index (χ1v) is 6.72. The Kier molecular flexibility index (Phi) is 5.37.